The first-order chi connectivity index (χ1) is 8.81. The van der Waals surface area contributed by atoms with Gasteiger partial charge in [0.05, 0.1) is 11.4 Å². The molecule has 0 atom stereocenters. The van der Waals surface area contributed by atoms with E-state index in [1.54, 1.807) is 18.2 Å². The zero-order valence-electron chi connectivity index (χ0n) is 9.63. The molecule has 0 radical (unpaired) electrons. The Balaban J connectivity index is 2.42. The Bertz CT molecular complexity index is 709. The van der Waals surface area contributed by atoms with Crippen LogP contribution in [0, 0.1) is 0 Å². The molecule has 1 heterocycles. The maximum absolute atomic E-state index is 12.2. The third-order valence-electron chi connectivity index (χ3n) is 2.25. The van der Waals surface area contributed by atoms with Crippen LogP contribution in [0.2, 0.25) is 0 Å². The Labute approximate surface area is 126 Å². The molecule has 0 bridgehead atoms. The van der Waals surface area contributed by atoms with Gasteiger partial charge in [0, 0.05) is 11.5 Å². The quantitative estimate of drug-likeness (QED) is 0.750. The first-order valence-electron chi connectivity index (χ1n) is 4.94. The highest BCUT2D eigenvalue weighted by molar-refractivity contribution is 9.10. The number of sulfonamides is 1. The average molecular weight is 411 g/mol. The number of aromatic nitrogens is 3. The summed E-state index contributed by atoms with van der Waals surface area (Å²) in [5.74, 6) is 0. The third kappa shape index (κ3) is 2.90. The number of nitrogens with two attached hydrogens (primary N) is 1. The van der Waals surface area contributed by atoms with Gasteiger partial charge in [-0.1, -0.05) is 21.1 Å². The second-order valence-corrected chi connectivity index (χ2v) is 6.91. The lowest BCUT2D eigenvalue weighted by molar-refractivity contribution is 0.578. The van der Waals surface area contributed by atoms with E-state index in [0.29, 0.717) is 5.69 Å². The van der Waals surface area contributed by atoms with Crippen molar-refractivity contribution in [3.05, 3.63) is 27.3 Å². The van der Waals surface area contributed by atoms with Crippen molar-refractivity contribution in [1.82, 2.24) is 15.0 Å². The van der Waals surface area contributed by atoms with E-state index in [-0.39, 0.29) is 15.3 Å². The molecule has 10 heteroatoms. The number of anilines is 2. The molecule has 2 rings (SSSR count). The van der Waals surface area contributed by atoms with Crippen molar-refractivity contribution in [2.45, 2.75) is 5.03 Å². The summed E-state index contributed by atoms with van der Waals surface area (Å²) in [6.45, 7) is 0. The summed E-state index contributed by atoms with van der Waals surface area (Å²) in [6.07, 6.45) is 0. The Morgan fingerprint density at radius 1 is 1.37 bits per heavy atom. The van der Waals surface area contributed by atoms with Crippen LogP contribution in [0.5, 0.6) is 0 Å². The van der Waals surface area contributed by atoms with Gasteiger partial charge < -0.3 is 5.73 Å². The highest BCUT2D eigenvalue weighted by Crippen LogP contribution is 2.27. The van der Waals surface area contributed by atoms with E-state index < -0.39 is 10.0 Å². The van der Waals surface area contributed by atoms with Crippen LogP contribution in [0.15, 0.2) is 32.3 Å². The molecule has 0 amide bonds. The number of hydrogen-bond acceptors (Lipinski definition) is 5. The van der Waals surface area contributed by atoms with E-state index in [2.05, 4.69) is 46.9 Å². The van der Waals surface area contributed by atoms with Gasteiger partial charge >= 0.3 is 0 Å². The molecule has 0 aliphatic rings. The number of hydrogen-bond donors (Lipinski definition) is 2. The van der Waals surface area contributed by atoms with Crippen LogP contribution in [0.4, 0.5) is 11.4 Å². The van der Waals surface area contributed by atoms with Gasteiger partial charge in [0.1, 0.15) is 0 Å². The van der Waals surface area contributed by atoms with Crippen LogP contribution in [0.25, 0.3) is 0 Å². The number of rotatable bonds is 3. The molecule has 0 aliphatic carbocycles. The van der Waals surface area contributed by atoms with Crippen LogP contribution in [-0.2, 0) is 17.1 Å². The fourth-order valence-corrected chi connectivity index (χ4v) is 3.99. The highest BCUT2D eigenvalue weighted by Gasteiger charge is 2.24. The molecule has 102 valence electrons. The van der Waals surface area contributed by atoms with E-state index in [9.17, 15) is 8.42 Å². The summed E-state index contributed by atoms with van der Waals surface area (Å²) in [4.78, 5) is 0. The predicted molar refractivity (Wildman–Crippen MR) is 78.1 cm³/mol. The number of nitrogens with zero attached hydrogens (tertiary/aromatic N) is 3. The summed E-state index contributed by atoms with van der Waals surface area (Å²) in [7, 11) is -2.34. The number of nitrogens with one attached hydrogen (secondary N) is 1. The lowest BCUT2D eigenvalue weighted by Gasteiger charge is -2.10. The van der Waals surface area contributed by atoms with Crippen LogP contribution in [0.3, 0.4) is 0 Å². The molecule has 1 aromatic carbocycles. The van der Waals surface area contributed by atoms with E-state index in [4.69, 9.17) is 5.73 Å². The second kappa shape index (κ2) is 5.10. The summed E-state index contributed by atoms with van der Waals surface area (Å²) in [5, 5.41) is 7.18. The standard InChI is InChI=1S/C9H9Br2N5O2S/c1-16-9(8(11)13-15-16)19(17,18)14-7-3-2-5(10)4-6(7)12/h2-4,14H,12H2,1H3. The SMILES string of the molecule is Cn1nnc(Br)c1S(=O)(=O)Nc1ccc(Br)cc1N. The van der Waals surface area contributed by atoms with Gasteiger partial charge in [-0.15, -0.1) is 5.10 Å². The second-order valence-electron chi connectivity index (χ2n) is 3.65. The molecule has 0 unspecified atom stereocenters. The minimum atomic E-state index is -3.82. The average Bonchev–Trinajstić information content (AvgIpc) is 2.63. The lowest BCUT2D eigenvalue weighted by atomic mass is 10.3. The van der Waals surface area contributed by atoms with Gasteiger partial charge in [0.15, 0.2) is 4.60 Å². The van der Waals surface area contributed by atoms with Gasteiger partial charge in [-0.2, -0.15) is 8.42 Å². The molecule has 0 saturated carbocycles. The van der Waals surface area contributed by atoms with Gasteiger partial charge in [-0.05, 0) is 34.1 Å². The first kappa shape index (κ1) is 14.3. The molecule has 7 nitrogen and oxygen atoms in total. The number of nitrogen functional groups attached to an aromatic ring is 1. The van der Waals surface area contributed by atoms with E-state index in [0.717, 1.165) is 9.15 Å². The minimum absolute atomic E-state index is 0.0742. The summed E-state index contributed by atoms with van der Waals surface area (Å²) in [6, 6.07) is 4.85. The van der Waals surface area contributed by atoms with Crippen LogP contribution in [-0.4, -0.2) is 23.4 Å². The molecule has 1 aromatic heterocycles. The topological polar surface area (TPSA) is 103 Å². The highest BCUT2D eigenvalue weighted by atomic mass is 79.9. The van der Waals surface area contributed by atoms with E-state index in [1.807, 2.05) is 0 Å². The van der Waals surface area contributed by atoms with Crippen molar-refractivity contribution in [3.8, 4) is 0 Å². The summed E-state index contributed by atoms with van der Waals surface area (Å²) < 4.78 is 28.9. The third-order valence-corrected chi connectivity index (χ3v) is 4.99. The molecule has 2 aromatic rings. The molecular formula is C9H9Br2N5O2S. The van der Waals surface area contributed by atoms with Crippen LogP contribution < -0.4 is 10.5 Å². The smallest absolute Gasteiger partial charge is 0.281 e. The minimum Gasteiger partial charge on any atom is -0.397 e. The Morgan fingerprint density at radius 3 is 2.58 bits per heavy atom. The lowest BCUT2D eigenvalue weighted by Crippen LogP contribution is -2.18. The summed E-state index contributed by atoms with van der Waals surface area (Å²) >= 11 is 6.29. The van der Waals surface area contributed by atoms with Gasteiger partial charge in [0.2, 0.25) is 5.03 Å². The Hall–Kier alpha value is -1.13. The van der Waals surface area contributed by atoms with Crippen LogP contribution in [0.1, 0.15) is 0 Å². The normalized spacial score (nSPS) is 11.5. The first-order valence-corrected chi connectivity index (χ1v) is 8.01. The maximum atomic E-state index is 12.2. The zero-order chi connectivity index (χ0) is 14.2. The Morgan fingerprint density at radius 2 is 2.05 bits per heavy atom. The number of benzene rings is 1. The molecule has 0 aliphatic heterocycles. The summed E-state index contributed by atoms with van der Waals surface area (Å²) in [5.41, 5.74) is 6.35. The van der Waals surface area contributed by atoms with Gasteiger partial charge in [0.25, 0.3) is 10.0 Å². The predicted octanol–water partition coefficient (Wildman–Crippen LogP) is 1.72. The van der Waals surface area contributed by atoms with E-state index >= 15 is 0 Å². The van der Waals surface area contributed by atoms with Crippen molar-refractivity contribution in [1.29, 1.82) is 0 Å². The monoisotopic (exact) mass is 409 g/mol. The van der Waals surface area contributed by atoms with Crippen molar-refractivity contribution >= 4 is 53.3 Å². The zero-order valence-corrected chi connectivity index (χ0v) is 13.6. The molecule has 0 spiro atoms. The molecule has 19 heavy (non-hydrogen) atoms. The molecule has 3 N–H and O–H groups in total. The van der Waals surface area contributed by atoms with Crippen molar-refractivity contribution in [2.24, 2.45) is 7.05 Å². The van der Waals surface area contributed by atoms with Gasteiger partial charge in [-0.3, -0.25) is 4.72 Å². The van der Waals surface area contributed by atoms with Crippen molar-refractivity contribution in [2.75, 3.05) is 10.5 Å². The van der Waals surface area contributed by atoms with Crippen molar-refractivity contribution < 1.29 is 8.42 Å². The largest absolute Gasteiger partial charge is 0.397 e. The molecule has 0 fully saturated rings. The van der Waals surface area contributed by atoms with Crippen LogP contribution >= 0.6 is 31.9 Å². The number of aryl methyl sites for hydroxylation is 1. The number of halogens is 2. The fourth-order valence-electron chi connectivity index (χ4n) is 1.43. The Kier molecular flexibility index (Phi) is 3.83. The van der Waals surface area contributed by atoms with Crippen molar-refractivity contribution in [3.63, 3.8) is 0 Å². The molecule has 0 saturated heterocycles. The maximum Gasteiger partial charge on any atom is 0.281 e. The van der Waals surface area contributed by atoms with Gasteiger partial charge in [-0.25, -0.2) is 4.68 Å². The fraction of sp³-hybridized carbons (Fsp3) is 0.111. The van der Waals surface area contributed by atoms with E-state index in [1.165, 1.54) is 7.05 Å². The molecular weight excluding hydrogens is 402 g/mol.